The molecule has 0 unspecified atom stereocenters. The van der Waals surface area contributed by atoms with E-state index in [1.165, 1.54) is 23.9 Å². The number of nitrogens with zero attached hydrogens (tertiary/aromatic N) is 4. The fourth-order valence-corrected chi connectivity index (χ4v) is 4.33. The van der Waals surface area contributed by atoms with Gasteiger partial charge in [-0.1, -0.05) is 78.0 Å². The number of nitro benzene ring substituents is 1. The first-order valence-corrected chi connectivity index (χ1v) is 11.3. The van der Waals surface area contributed by atoms with E-state index in [2.05, 4.69) is 20.5 Å². The Kier molecular flexibility index (Phi) is 5.80. The monoisotopic (exact) mass is 477 g/mol. The third-order valence-corrected chi connectivity index (χ3v) is 6.24. The summed E-state index contributed by atoms with van der Waals surface area (Å²) in [6.45, 7) is 0. The fraction of sp³-hybridized carbons (Fsp3) is 0.0870. The van der Waals surface area contributed by atoms with Crippen molar-refractivity contribution in [3.8, 4) is 17.1 Å². The molecule has 0 fully saturated rings. The number of anilines is 1. The number of halogens is 1. The summed E-state index contributed by atoms with van der Waals surface area (Å²) in [5, 5.41) is 23.9. The predicted molar refractivity (Wildman–Crippen MR) is 126 cm³/mol. The molecule has 0 aliphatic carbocycles. The first kappa shape index (κ1) is 21.2. The molecule has 1 aromatic heterocycles. The van der Waals surface area contributed by atoms with Gasteiger partial charge in [-0.25, -0.2) is 0 Å². The molecule has 8 nitrogen and oxygen atoms in total. The molecule has 0 bridgehead atoms. The molecule has 2 heterocycles. The Morgan fingerprint density at radius 3 is 2.67 bits per heavy atom. The average molecular weight is 478 g/mol. The third-order valence-electron chi connectivity index (χ3n) is 5.01. The van der Waals surface area contributed by atoms with E-state index in [1.807, 2.05) is 54.6 Å². The molecule has 1 aliphatic heterocycles. The zero-order valence-corrected chi connectivity index (χ0v) is 18.6. The van der Waals surface area contributed by atoms with Gasteiger partial charge in [-0.15, -0.1) is 10.2 Å². The smallest absolute Gasteiger partial charge is 0.288 e. The molecular formula is C23H16ClN5O3S. The van der Waals surface area contributed by atoms with Crippen LogP contribution in [0.25, 0.3) is 11.3 Å². The molecular weight excluding hydrogens is 462 g/mol. The van der Waals surface area contributed by atoms with E-state index in [9.17, 15) is 10.1 Å². The van der Waals surface area contributed by atoms with Crippen molar-refractivity contribution in [3.05, 3.63) is 99.1 Å². The van der Waals surface area contributed by atoms with E-state index < -0.39 is 11.2 Å². The van der Waals surface area contributed by atoms with Gasteiger partial charge >= 0.3 is 0 Å². The summed E-state index contributed by atoms with van der Waals surface area (Å²) in [7, 11) is 0. The van der Waals surface area contributed by atoms with Crippen LogP contribution in [0.15, 0.2) is 78.0 Å². The van der Waals surface area contributed by atoms with Gasteiger partial charge in [0.05, 0.1) is 4.92 Å². The van der Waals surface area contributed by atoms with Crippen LogP contribution in [0.3, 0.4) is 0 Å². The average Bonchev–Trinajstić information content (AvgIpc) is 3.00. The molecule has 0 amide bonds. The third kappa shape index (κ3) is 4.46. The zero-order chi connectivity index (χ0) is 22.8. The van der Waals surface area contributed by atoms with Crippen molar-refractivity contribution < 1.29 is 9.66 Å². The van der Waals surface area contributed by atoms with Gasteiger partial charge in [0.25, 0.3) is 5.69 Å². The molecule has 0 spiro atoms. The Morgan fingerprint density at radius 2 is 1.85 bits per heavy atom. The Hall–Kier alpha value is -3.69. The van der Waals surface area contributed by atoms with Crippen LogP contribution in [0, 0.1) is 10.1 Å². The van der Waals surface area contributed by atoms with Gasteiger partial charge in [0.2, 0.25) is 11.0 Å². The molecule has 10 heteroatoms. The summed E-state index contributed by atoms with van der Waals surface area (Å²) in [5.41, 5.74) is 3.49. The second kappa shape index (κ2) is 9.05. The topological polar surface area (TPSA) is 103 Å². The lowest BCUT2D eigenvalue weighted by molar-refractivity contribution is -0.384. The highest BCUT2D eigenvalue weighted by atomic mass is 35.5. The molecule has 0 saturated heterocycles. The summed E-state index contributed by atoms with van der Waals surface area (Å²) < 4.78 is 6.19. The molecule has 3 aromatic carbocycles. The summed E-state index contributed by atoms with van der Waals surface area (Å²) >= 11 is 7.44. The summed E-state index contributed by atoms with van der Waals surface area (Å²) in [6.07, 6.45) is -0.743. The normalized spacial score (nSPS) is 14.3. The van der Waals surface area contributed by atoms with Crippen LogP contribution < -0.4 is 10.1 Å². The highest BCUT2D eigenvalue weighted by Crippen LogP contribution is 2.40. The van der Waals surface area contributed by atoms with Crippen LogP contribution >= 0.6 is 23.4 Å². The van der Waals surface area contributed by atoms with Gasteiger partial charge in [-0.05, 0) is 17.7 Å². The van der Waals surface area contributed by atoms with Gasteiger partial charge in [-0.3, -0.25) is 10.1 Å². The number of para-hydroxylation sites is 1. The number of hydrogen-bond acceptors (Lipinski definition) is 8. The quantitative estimate of drug-likeness (QED) is 0.215. The summed E-state index contributed by atoms with van der Waals surface area (Å²) in [6, 6.07) is 22.1. The number of aromatic nitrogens is 3. The molecule has 1 N–H and O–H groups in total. The number of fused-ring (bicyclic) bond motifs is 3. The highest BCUT2D eigenvalue weighted by Gasteiger charge is 2.27. The van der Waals surface area contributed by atoms with Gasteiger partial charge < -0.3 is 10.1 Å². The number of nitro groups is 1. The van der Waals surface area contributed by atoms with Crippen molar-refractivity contribution in [3.63, 3.8) is 0 Å². The van der Waals surface area contributed by atoms with Gasteiger partial charge in [0.15, 0.2) is 11.9 Å². The minimum Gasteiger partial charge on any atom is -0.448 e. The van der Waals surface area contributed by atoms with E-state index in [0.29, 0.717) is 28.0 Å². The summed E-state index contributed by atoms with van der Waals surface area (Å²) in [5.74, 6) is 0.976. The van der Waals surface area contributed by atoms with E-state index in [1.54, 1.807) is 6.07 Å². The van der Waals surface area contributed by atoms with Gasteiger partial charge in [0.1, 0.15) is 5.02 Å². The minimum absolute atomic E-state index is 0.0572. The van der Waals surface area contributed by atoms with E-state index >= 15 is 0 Å². The van der Waals surface area contributed by atoms with Crippen LogP contribution in [0.2, 0.25) is 5.02 Å². The molecule has 1 aliphatic rings. The van der Waals surface area contributed by atoms with Crippen LogP contribution in [0.1, 0.15) is 17.4 Å². The summed E-state index contributed by atoms with van der Waals surface area (Å²) in [4.78, 5) is 15.5. The lowest BCUT2D eigenvalue weighted by Crippen LogP contribution is -2.17. The molecule has 33 heavy (non-hydrogen) atoms. The van der Waals surface area contributed by atoms with E-state index in [4.69, 9.17) is 16.3 Å². The molecule has 164 valence electrons. The molecule has 0 radical (unpaired) electrons. The number of thioether (sulfide) groups is 1. The van der Waals surface area contributed by atoms with Crippen molar-refractivity contribution in [1.82, 2.24) is 15.2 Å². The Morgan fingerprint density at radius 1 is 1.06 bits per heavy atom. The molecule has 0 saturated carbocycles. The lowest BCUT2D eigenvalue weighted by atomic mass is 10.1. The van der Waals surface area contributed by atoms with Gasteiger partial charge in [0, 0.05) is 28.6 Å². The maximum atomic E-state index is 11.4. The first-order valence-electron chi connectivity index (χ1n) is 9.96. The van der Waals surface area contributed by atoms with Crippen LogP contribution in [0.4, 0.5) is 11.4 Å². The second-order valence-corrected chi connectivity index (χ2v) is 8.53. The number of nitrogens with one attached hydrogen (secondary N) is 1. The Labute approximate surface area is 198 Å². The number of benzene rings is 3. The van der Waals surface area contributed by atoms with E-state index in [-0.39, 0.29) is 10.7 Å². The van der Waals surface area contributed by atoms with Crippen molar-refractivity contribution in [2.75, 3.05) is 5.32 Å². The van der Waals surface area contributed by atoms with Crippen LogP contribution in [-0.2, 0) is 5.75 Å². The first-order chi connectivity index (χ1) is 16.1. The lowest BCUT2D eigenvalue weighted by Gasteiger charge is -2.19. The second-order valence-electron chi connectivity index (χ2n) is 7.18. The van der Waals surface area contributed by atoms with E-state index in [0.717, 1.165) is 16.8 Å². The zero-order valence-electron chi connectivity index (χ0n) is 17.0. The maximum absolute atomic E-state index is 11.4. The standard InChI is InChI=1S/C23H16ClN5O3S/c24-17-11-10-15(12-19(17)29(30)31)21-25-18-9-5-4-8-16(18)20-22(32-21)26-23(28-27-20)33-13-14-6-2-1-3-7-14/h1-12,21,25H,13H2/t21-/m0/s1. The minimum atomic E-state index is -0.743. The van der Waals surface area contributed by atoms with Crippen LogP contribution in [0.5, 0.6) is 5.88 Å². The number of ether oxygens (including phenoxy) is 1. The number of rotatable bonds is 5. The number of hydrogen-bond donors (Lipinski definition) is 1. The fourth-order valence-electron chi connectivity index (χ4n) is 3.41. The van der Waals surface area contributed by atoms with Crippen molar-refractivity contribution in [2.24, 2.45) is 0 Å². The maximum Gasteiger partial charge on any atom is 0.288 e. The Balaban J connectivity index is 1.52. The Bertz CT molecular complexity index is 1340. The predicted octanol–water partition coefficient (Wildman–Crippen LogP) is 5.90. The highest BCUT2D eigenvalue weighted by molar-refractivity contribution is 7.98. The van der Waals surface area contributed by atoms with Crippen molar-refractivity contribution in [1.29, 1.82) is 0 Å². The molecule has 5 rings (SSSR count). The molecule has 1 atom stereocenters. The largest absolute Gasteiger partial charge is 0.448 e. The van der Waals surface area contributed by atoms with Crippen molar-refractivity contribution in [2.45, 2.75) is 17.1 Å². The molecule has 4 aromatic rings. The SMILES string of the molecule is O=[N+]([O-])c1cc([C@H]2Nc3ccccc3-c3nnc(SCc4ccccc4)nc3O2)ccc1Cl. The van der Waals surface area contributed by atoms with Gasteiger partial charge in [-0.2, -0.15) is 4.98 Å². The van der Waals surface area contributed by atoms with Crippen LogP contribution in [-0.4, -0.2) is 20.1 Å². The van der Waals surface area contributed by atoms with Crippen molar-refractivity contribution >= 4 is 34.7 Å².